The van der Waals surface area contributed by atoms with E-state index in [0.717, 1.165) is 42.6 Å². The number of nitrogens with one attached hydrogen (secondary N) is 1. The Morgan fingerprint density at radius 2 is 1.89 bits per heavy atom. The third-order valence-electron chi connectivity index (χ3n) is 5.19. The highest BCUT2D eigenvalue weighted by Gasteiger charge is 2.25. The predicted molar refractivity (Wildman–Crippen MR) is 110 cm³/mol. The highest BCUT2D eigenvalue weighted by atomic mass is 16.5. The van der Waals surface area contributed by atoms with Gasteiger partial charge in [-0.05, 0) is 49.6 Å². The molecule has 0 saturated carbocycles. The molecule has 1 amide bonds. The smallest absolute Gasteiger partial charge is 0.270 e. The SMILES string of the molecule is CCOc1ccc2[nH]c(C(=O)N3CCC(OCc4ccccc4)CC3)cc2c1. The third-order valence-corrected chi connectivity index (χ3v) is 5.19. The molecule has 5 heteroatoms. The summed E-state index contributed by atoms with van der Waals surface area (Å²) in [5.74, 6) is 0.875. The normalized spacial score (nSPS) is 15.1. The minimum absolute atomic E-state index is 0.0515. The lowest BCUT2D eigenvalue weighted by Crippen LogP contribution is -2.41. The molecule has 5 nitrogen and oxygen atoms in total. The molecule has 0 radical (unpaired) electrons. The van der Waals surface area contributed by atoms with Crippen molar-refractivity contribution in [3.8, 4) is 5.75 Å². The van der Waals surface area contributed by atoms with Crippen LogP contribution in [0.25, 0.3) is 10.9 Å². The lowest BCUT2D eigenvalue weighted by molar-refractivity contribution is -0.000488. The number of piperidine rings is 1. The van der Waals surface area contributed by atoms with Gasteiger partial charge in [-0.15, -0.1) is 0 Å². The molecule has 0 unspecified atom stereocenters. The minimum Gasteiger partial charge on any atom is -0.494 e. The standard InChI is InChI=1S/C23H26N2O3/c1-2-27-20-8-9-21-18(14-20)15-22(24-21)23(26)25-12-10-19(11-13-25)28-16-17-6-4-3-5-7-17/h3-9,14-15,19,24H,2,10-13,16H2,1H3. The van der Waals surface area contributed by atoms with Crippen LogP contribution < -0.4 is 4.74 Å². The number of carbonyl (C=O) groups excluding carboxylic acids is 1. The van der Waals surface area contributed by atoms with Gasteiger partial charge in [-0.1, -0.05) is 30.3 Å². The fourth-order valence-corrected chi connectivity index (χ4v) is 3.67. The summed E-state index contributed by atoms with van der Waals surface area (Å²) >= 11 is 0. The fourth-order valence-electron chi connectivity index (χ4n) is 3.67. The quantitative estimate of drug-likeness (QED) is 0.692. The summed E-state index contributed by atoms with van der Waals surface area (Å²) in [6, 6.07) is 18.0. The Kier molecular flexibility index (Phi) is 5.63. The Hall–Kier alpha value is -2.79. The van der Waals surface area contributed by atoms with E-state index in [1.807, 2.05) is 54.3 Å². The Morgan fingerprint density at radius 3 is 2.64 bits per heavy atom. The van der Waals surface area contributed by atoms with Gasteiger partial charge in [-0.25, -0.2) is 0 Å². The molecule has 1 N–H and O–H groups in total. The molecular weight excluding hydrogens is 352 g/mol. The number of H-pyrrole nitrogens is 1. The van der Waals surface area contributed by atoms with Crippen LogP contribution in [0.15, 0.2) is 54.6 Å². The second-order valence-corrected chi connectivity index (χ2v) is 7.15. The number of carbonyl (C=O) groups is 1. The number of nitrogens with zero attached hydrogens (tertiary/aromatic N) is 1. The van der Waals surface area contributed by atoms with Crippen molar-refractivity contribution in [3.05, 3.63) is 65.9 Å². The van der Waals surface area contributed by atoms with Crippen LogP contribution in [-0.2, 0) is 11.3 Å². The largest absolute Gasteiger partial charge is 0.494 e. The molecule has 0 atom stereocenters. The van der Waals surface area contributed by atoms with Crippen molar-refractivity contribution >= 4 is 16.8 Å². The number of amides is 1. The van der Waals surface area contributed by atoms with Gasteiger partial charge in [0.25, 0.3) is 5.91 Å². The Labute approximate surface area is 165 Å². The predicted octanol–water partition coefficient (Wildman–Crippen LogP) is 4.39. The van der Waals surface area contributed by atoms with Gasteiger partial charge in [-0.3, -0.25) is 4.79 Å². The molecule has 1 aliphatic rings. The summed E-state index contributed by atoms with van der Waals surface area (Å²) in [5, 5.41) is 0.996. The zero-order chi connectivity index (χ0) is 19.3. The van der Waals surface area contributed by atoms with Gasteiger partial charge in [0.05, 0.1) is 19.3 Å². The van der Waals surface area contributed by atoms with Gasteiger partial charge in [0.1, 0.15) is 11.4 Å². The number of hydrogen-bond donors (Lipinski definition) is 1. The van der Waals surface area contributed by atoms with Gasteiger partial charge >= 0.3 is 0 Å². The van der Waals surface area contributed by atoms with Crippen molar-refractivity contribution < 1.29 is 14.3 Å². The van der Waals surface area contributed by atoms with Gasteiger partial charge < -0.3 is 19.4 Å². The topological polar surface area (TPSA) is 54.6 Å². The molecule has 0 aliphatic carbocycles. The summed E-state index contributed by atoms with van der Waals surface area (Å²) in [5.41, 5.74) is 2.77. The maximum Gasteiger partial charge on any atom is 0.270 e. The van der Waals surface area contributed by atoms with E-state index in [4.69, 9.17) is 9.47 Å². The maximum atomic E-state index is 12.9. The third kappa shape index (κ3) is 4.20. The van der Waals surface area contributed by atoms with Crippen molar-refractivity contribution in [2.24, 2.45) is 0 Å². The second-order valence-electron chi connectivity index (χ2n) is 7.15. The number of aromatic nitrogens is 1. The minimum atomic E-state index is 0.0515. The number of hydrogen-bond acceptors (Lipinski definition) is 3. The van der Waals surface area contributed by atoms with E-state index in [9.17, 15) is 4.79 Å². The van der Waals surface area contributed by atoms with Crippen molar-refractivity contribution in [3.63, 3.8) is 0 Å². The first-order chi connectivity index (χ1) is 13.7. The van der Waals surface area contributed by atoms with Crippen LogP contribution in [0, 0.1) is 0 Å². The van der Waals surface area contributed by atoms with E-state index < -0.39 is 0 Å². The molecule has 2 heterocycles. The highest BCUT2D eigenvalue weighted by molar-refractivity contribution is 5.98. The summed E-state index contributed by atoms with van der Waals surface area (Å²) in [6.45, 7) is 4.66. The Morgan fingerprint density at radius 1 is 1.11 bits per heavy atom. The van der Waals surface area contributed by atoms with Crippen LogP contribution >= 0.6 is 0 Å². The number of rotatable bonds is 6. The van der Waals surface area contributed by atoms with E-state index in [0.29, 0.717) is 18.9 Å². The van der Waals surface area contributed by atoms with Gasteiger partial charge in [0.2, 0.25) is 0 Å². The number of benzene rings is 2. The van der Waals surface area contributed by atoms with Gasteiger partial charge in [-0.2, -0.15) is 0 Å². The Bertz CT molecular complexity index is 927. The molecule has 0 bridgehead atoms. The van der Waals surface area contributed by atoms with Crippen LogP contribution in [0.1, 0.15) is 35.8 Å². The second kappa shape index (κ2) is 8.48. The first kappa shape index (κ1) is 18.6. The van der Waals surface area contributed by atoms with E-state index in [1.165, 1.54) is 5.56 Å². The van der Waals surface area contributed by atoms with Crippen molar-refractivity contribution in [2.75, 3.05) is 19.7 Å². The van der Waals surface area contributed by atoms with Crippen molar-refractivity contribution in [1.82, 2.24) is 9.88 Å². The summed E-state index contributed by atoms with van der Waals surface area (Å²) < 4.78 is 11.6. The van der Waals surface area contributed by atoms with E-state index >= 15 is 0 Å². The molecule has 4 rings (SSSR count). The molecule has 1 saturated heterocycles. The molecule has 3 aromatic rings. The zero-order valence-corrected chi connectivity index (χ0v) is 16.2. The summed E-state index contributed by atoms with van der Waals surface area (Å²) in [6.07, 6.45) is 1.95. The number of aromatic amines is 1. The number of ether oxygens (including phenoxy) is 2. The molecule has 146 valence electrons. The lowest BCUT2D eigenvalue weighted by atomic mass is 10.1. The van der Waals surface area contributed by atoms with Gasteiger partial charge in [0, 0.05) is 24.0 Å². The average molecular weight is 378 g/mol. The fraction of sp³-hybridized carbons (Fsp3) is 0.348. The van der Waals surface area contributed by atoms with Crippen molar-refractivity contribution in [1.29, 1.82) is 0 Å². The molecular formula is C23H26N2O3. The highest BCUT2D eigenvalue weighted by Crippen LogP contribution is 2.24. The number of likely N-dealkylation sites (tertiary alicyclic amines) is 1. The maximum absolute atomic E-state index is 12.9. The lowest BCUT2D eigenvalue weighted by Gasteiger charge is -2.31. The molecule has 0 spiro atoms. The van der Waals surface area contributed by atoms with Crippen LogP contribution in [0.4, 0.5) is 0 Å². The van der Waals surface area contributed by atoms with E-state index in [1.54, 1.807) is 0 Å². The summed E-state index contributed by atoms with van der Waals surface area (Å²) in [7, 11) is 0. The zero-order valence-electron chi connectivity index (χ0n) is 16.2. The van der Waals surface area contributed by atoms with Crippen LogP contribution in [0.3, 0.4) is 0 Å². The Balaban J connectivity index is 1.34. The van der Waals surface area contributed by atoms with Crippen LogP contribution in [-0.4, -0.2) is 41.6 Å². The van der Waals surface area contributed by atoms with E-state index in [-0.39, 0.29) is 12.0 Å². The first-order valence-corrected chi connectivity index (χ1v) is 9.93. The average Bonchev–Trinajstić information content (AvgIpc) is 3.16. The molecule has 1 fully saturated rings. The van der Waals surface area contributed by atoms with Crippen LogP contribution in [0.2, 0.25) is 0 Å². The van der Waals surface area contributed by atoms with E-state index in [2.05, 4.69) is 17.1 Å². The van der Waals surface area contributed by atoms with Crippen LogP contribution in [0.5, 0.6) is 5.75 Å². The molecule has 1 aromatic heterocycles. The van der Waals surface area contributed by atoms with Crippen molar-refractivity contribution in [2.45, 2.75) is 32.5 Å². The summed E-state index contributed by atoms with van der Waals surface area (Å²) in [4.78, 5) is 18.0. The molecule has 1 aliphatic heterocycles. The molecule has 2 aromatic carbocycles. The first-order valence-electron chi connectivity index (χ1n) is 9.93. The van der Waals surface area contributed by atoms with Gasteiger partial charge in [0.15, 0.2) is 0 Å². The number of fused-ring (bicyclic) bond motifs is 1. The monoisotopic (exact) mass is 378 g/mol. The molecule has 28 heavy (non-hydrogen) atoms.